The zero-order valence-electron chi connectivity index (χ0n) is 15.1. The molecule has 0 saturated carbocycles. The molecule has 1 aromatic rings. The summed E-state index contributed by atoms with van der Waals surface area (Å²) in [6.45, 7) is 8.92. The van der Waals surface area contributed by atoms with E-state index in [1.54, 1.807) is 18.2 Å². The van der Waals surface area contributed by atoms with Crippen molar-refractivity contribution in [1.82, 2.24) is 14.7 Å². The highest BCUT2D eigenvalue weighted by Crippen LogP contribution is 2.13. The van der Waals surface area contributed by atoms with E-state index < -0.39 is 0 Å². The van der Waals surface area contributed by atoms with Crippen molar-refractivity contribution >= 4 is 11.8 Å². The average molecular weight is 331 g/mol. The summed E-state index contributed by atoms with van der Waals surface area (Å²) < 4.78 is 0. The van der Waals surface area contributed by atoms with Gasteiger partial charge in [0.05, 0.1) is 0 Å². The van der Waals surface area contributed by atoms with Gasteiger partial charge in [0.25, 0.3) is 11.8 Å². The van der Waals surface area contributed by atoms with Crippen LogP contribution in [0.25, 0.3) is 0 Å². The van der Waals surface area contributed by atoms with Crippen LogP contribution in [0.3, 0.4) is 0 Å². The van der Waals surface area contributed by atoms with Gasteiger partial charge in [-0.25, -0.2) is 0 Å². The molecule has 24 heavy (non-hydrogen) atoms. The normalized spacial score (nSPS) is 15.4. The van der Waals surface area contributed by atoms with Gasteiger partial charge in [-0.05, 0) is 38.1 Å². The Morgan fingerprint density at radius 2 is 1.58 bits per heavy atom. The monoisotopic (exact) mass is 331 g/mol. The van der Waals surface area contributed by atoms with Crippen LogP contribution in [0.4, 0.5) is 0 Å². The highest BCUT2D eigenvalue weighted by atomic mass is 16.2. The average Bonchev–Trinajstić information content (AvgIpc) is 2.61. The molecule has 0 aliphatic carbocycles. The second-order valence-electron chi connectivity index (χ2n) is 6.47. The van der Waals surface area contributed by atoms with Crippen molar-refractivity contribution in [3.05, 3.63) is 35.4 Å². The summed E-state index contributed by atoms with van der Waals surface area (Å²) in [4.78, 5) is 31.4. The van der Waals surface area contributed by atoms with Gasteiger partial charge in [-0.1, -0.05) is 19.9 Å². The van der Waals surface area contributed by atoms with Crippen molar-refractivity contribution in [2.24, 2.45) is 0 Å². The van der Waals surface area contributed by atoms with Gasteiger partial charge in [0.2, 0.25) is 0 Å². The van der Waals surface area contributed by atoms with Gasteiger partial charge in [0.15, 0.2) is 0 Å². The molecule has 5 nitrogen and oxygen atoms in total. The highest BCUT2D eigenvalue weighted by Gasteiger charge is 2.22. The number of carbonyl (C=O) groups is 2. The van der Waals surface area contributed by atoms with Crippen molar-refractivity contribution in [1.29, 1.82) is 0 Å². The Hall–Kier alpha value is -1.88. The number of rotatable bonds is 6. The minimum absolute atomic E-state index is 0.0201. The van der Waals surface area contributed by atoms with E-state index in [4.69, 9.17) is 0 Å². The van der Waals surface area contributed by atoms with Crippen molar-refractivity contribution in [3.63, 3.8) is 0 Å². The van der Waals surface area contributed by atoms with Crippen LogP contribution in [0.1, 0.15) is 47.4 Å². The van der Waals surface area contributed by atoms with E-state index >= 15 is 0 Å². The number of hydrogen-bond donors (Lipinski definition) is 0. The number of amides is 2. The number of carbonyl (C=O) groups excluding carboxylic acids is 2. The molecule has 1 aliphatic rings. The Morgan fingerprint density at radius 1 is 1.00 bits per heavy atom. The predicted octanol–water partition coefficient (Wildman–Crippen LogP) is 2.34. The third-order valence-electron chi connectivity index (χ3n) is 4.42. The van der Waals surface area contributed by atoms with Gasteiger partial charge in [0.1, 0.15) is 0 Å². The molecule has 2 amide bonds. The van der Waals surface area contributed by atoms with Crippen molar-refractivity contribution in [3.8, 4) is 0 Å². The van der Waals surface area contributed by atoms with Crippen LogP contribution >= 0.6 is 0 Å². The quantitative estimate of drug-likeness (QED) is 0.804. The number of hydrogen-bond acceptors (Lipinski definition) is 3. The van der Waals surface area contributed by atoms with E-state index in [0.29, 0.717) is 11.1 Å². The minimum atomic E-state index is 0.0201. The molecule has 1 saturated heterocycles. The van der Waals surface area contributed by atoms with E-state index in [2.05, 4.69) is 25.8 Å². The van der Waals surface area contributed by atoms with Gasteiger partial charge >= 0.3 is 0 Å². The summed E-state index contributed by atoms with van der Waals surface area (Å²) >= 11 is 0. The standard InChI is InChI=1S/C19H29N3O2/c1-4-9-21(10-5-2)18(23)16-7-6-8-17(15-16)19(24)22-13-11-20(3)12-14-22/h6-8,15H,4-5,9-14H2,1-3H3. The molecule has 1 aliphatic heterocycles. The molecular formula is C19H29N3O2. The van der Waals surface area contributed by atoms with Crippen LogP contribution in [-0.4, -0.2) is 72.8 Å². The fourth-order valence-electron chi connectivity index (χ4n) is 3.01. The summed E-state index contributed by atoms with van der Waals surface area (Å²) in [6.07, 6.45) is 1.87. The lowest BCUT2D eigenvalue weighted by atomic mass is 10.1. The van der Waals surface area contributed by atoms with Gasteiger partial charge in [0, 0.05) is 50.4 Å². The molecule has 1 fully saturated rings. The van der Waals surface area contributed by atoms with Gasteiger partial charge in [-0.2, -0.15) is 0 Å². The first-order valence-corrected chi connectivity index (χ1v) is 8.94. The Kier molecular flexibility index (Phi) is 6.79. The molecule has 0 radical (unpaired) electrons. The number of piperazine rings is 1. The largest absolute Gasteiger partial charge is 0.339 e. The second-order valence-corrected chi connectivity index (χ2v) is 6.47. The maximum atomic E-state index is 12.7. The zero-order chi connectivity index (χ0) is 17.5. The molecule has 0 unspecified atom stereocenters. The summed E-state index contributed by atoms with van der Waals surface area (Å²) in [5.41, 5.74) is 1.22. The fraction of sp³-hybridized carbons (Fsp3) is 0.579. The third-order valence-corrected chi connectivity index (χ3v) is 4.42. The molecule has 1 heterocycles. The van der Waals surface area contributed by atoms with Crippen LogP contribution in [0.15, 0.2) is 24.3 Å². The lowest BCUT2D eigenvalue weighted by Crippen LogP contribution is -2.47. The summed E-state index contributed by atoms with van der Waals surface area (Å²) in [5, 5.41) is 0. The Balaban J connectivity index is 2.12. The van der Waals surface area contributed by atoms with Crippen LogP contribution in [-0.2, 0) is 0 Å². The first-order chi connectivity index (χ1) is 11.6. The number of nitrogens with zero attached hydrogens (tertiary/aromatic N) is 3. The number of likely N-dealkylation sites (N-methyl/N-ethyl adjacent to an activating group) is 1. The molecule has 0 bridgehead atoms. The Morgan fingerprint density at radius 3 is 2.17 bits per heavy atom. The lowest BCUT2D eigenvalue weighted by Gasteiger charge is -2.32. The molecule has 2 rings (SSSR count). The maximum absolute atomic E-state index is 12.7. The summed E-state index contributed by atoms with van der Waals surface area (Å²) in [6, 6.07) is 7.18. The van der Waals surface area contributed by atoms with Gasteiger partial charge < -0.3 is 14.7 Å². The van der Waals surface area contributed by atoms with E-state index in [1.165, 1.54) is 0 Å². The molecule has 0 N–H and O–H groups in total. The fourth-order valence-corrected chi connectivity index (χ4v) is 3.01. The van der Waals surface area contributed by atoms with Crippen LogP contribution < -0.4 is 0 Å². The topological polar surface area (TPSA) is 43.9 Å². The van der Waals surface area contributed by atoms with E-state index in [-0.39, 0.29) is 11.8 Å². The zero-order valence-corrected chi connectivity index (χ0v) is 15.1. The van der Waals surface area contributed by atoms with Gasteiger partial charge in [-0.3, -0.25) is 9.59 Å². The predicted molar refractivity (Wildman–Crippen MR) is 96.3 cm³/mol. The SMILES string of the molecule is CCCN(CCC)C(=O)c1cccc(C(=O)N2CCN(C)CC2)c1. The van der Waals surface area contributed by atoms with Gasteiger partial charge in [-0.15, -0.1) is 0 Å². The Labute approximate surface area is 145 Å². The van der Waals surface area contributed by atoms with E-state index in [1.807, 2.05) is 15.9 Å². The lowest BCUT2D eigenvalue weighted by molar-refractivity contribution is 0.0664. The molecule has 0 atom stereocenters. The first kappa shape index (κ1) is 18.5. The van der Waals surface area contributed by atoms with Crippen molar-refractivity contribution in [2.45, 2.75) is 26.7 Å². The molecular weight excluding hydrogens is 302 g/mol. The van der Waals surface area contributed by atoms with Crippen LogP contribution in [0, 0.1) is 0 Å². The smallest absolute Gasteiger partial charge is 0.253 e. The van der Waals surface area contributed by atoms with E-state index in [0.717, 1.165) is 52.1 Å². The Bertz CT molecular complexity index is 559. The number of benzene rings is 1. The van der Waals surface area contributed by atoms with Crippen molar-refractivity contribution in [2.75, 3.05) is 46.3 Å². The van der Waals surface area contributed by atoms with E-state index in [9.17, 15) is 9.59 Å². The van der Waals surface area contributed by atoms with Crippen LogP contribution in [0.2, 0.25) is 0 Å². The summed E-state index contributed by atoms with van der Waals surface area (Å²) in [5.74, 6) is 0.0435. The molecule has 132 valence electrons. The third kappa shape index (κ3) is 4.57. The first-order valence-electron chi connectivity index (χ1n) is 8.94. The molecule has 0 spiro atoms. The molecule has 0 aromatic heterocycles. The van der Waals surface area contributed by atoms with Crippen LogP contribution in [0.5, 0.6) is 0 Å². The minimum Gasteiger partial charge on any atom is -0.339 e. The second kappa shape index (κ2) is 8.83. The highest BCUT2D eigenvalue weighted by molar-refractivity contribution is 5.99. The maximum Gasteiger partial charge on any atom is 0.253 e. The van der Waals surface area contributed by atoms with Crippen molar-refractivity contribution < 1.29 is 9.59 Å². The summed E-state index contributed by atoms with van der Waals surface area (Å²) in [7, 11) is 2.07. The molecule has 5 heteroatoms. The molecule has 1 aromatic carbocycles.